The largest absolute Gasteiger partial charge is 0.375 e. The molecule has 1 aliphatic rings. The van der Waals surface area contributed by atoms with Gasteiger partial charge in [0.05, 0.1) is 12.2 Å². The molecule has 0 N–H and O–H groups in total. The van der Waals surface area contributed by atoms with E-state index in [1.165, 1.54) is 0 Å². The minimum absolute atomic E-state index is 0.304. The fourth-order valence-electron chi connectivity index (χ4n) is 1.50. The molecule has 0 radical (unpaired) electrons. The Morgan fingerprint density at radius 2 is 2.00 bits per heavy atom. The van der Waals surface area contributed by atoms with Crippen LogP contribution in [0.4, 0.5) is 0 Å². The van der Waals surface area contributed by atoms with Gasteiger partial charge in [0.25, 0.3) is 0 Å². The van der Waals surface area contributed by atoms with Gasteiger partial charge < -0.3 is 9.64 Å². The van der Waals surface area contributed by atoms with Crippen LogP contribution in [-0.4, -0.2) is 36.6 Å². The Bertz CT molecular complexity index is 139. The molecule has 1 amide bonds. The van der Waals surface area contributed by atoms with Gasteiger partial charge in [0, 0.05) is 13.1 Å². The van der Waals surface area contributed by atoms with Gasteiger partial charge in [0.1, 0.15) is 0 Å². The maximum Gasteiger partial charge on any atom is 0.209 e. The van der Waals surface area contributed by atoms with Crippen LogP contribution in [0, 0.1) is 0 Å². The Morgan fingerprint density at radius 3 is 2.42 bits per heavy atom. The van der Waals surface area contributed by atoms with E-state index in [-0.39, 0.29) is 0 Å². The number of piperidine rings is 1. The fraction of sp³-hybridized carbons (Fsp3) is 0.889. The molecule has 1 fully saturated rings. The number of likely N-dealkylation sites (tertiary alicyclic amines) is 1. The Morgan fingerprint density at radius 1 is 1.42 bits per heavy atom. The van der Waals surface area contributed by atoms with E-state index in [4.69, 9.17) is 4.74 Å². The number of hydrogen-bond acceptors (Lipinski definition) is 2. The highest BCUT2D eigenvalue weighted by molar-refractivity contribution is 5.47. The van der Waals surface area contributed by atoms with Gasteiger partial charge in [-0.05, 0) is 26.7 Å². The van der Waals surface area contributed by atoms with Crippen LogP contribution in [-0.2, 0) is 9.53 Å². The van der Waals surface area contributed by atoms with E-state index in [0.29, 0.717) is 12.2 Å². The number of hydrogen-bond donors (Lipinski definition) is 0. The summed E-state index contributed by atoms with van der Waals surface area (Å²) in [5, 5.41) is 0. The number of ether oxygens (including phenoxy) is 1. The first-order chi connectivity index (χ1) is 5.72. The lowest BCUT2D eigenvalue weighted by Crippen LogP contribution is -2.36. The van der Waals surface area contributed by atoms with Gasteiger partial charge in [0.2, 0.25) is 6.41 Å². The average Bonchev–Trinajstić information content (AvgIpc) is 2.05. The SMILES string of the molecule is CC(C)OC1CCN(C=O)CC1. The number of nitrogens with zero attached hydrogens (tertiary/aromatic N) is 1. The highest BCUT2D eigenvalue weighted by Crippen LogP contribution is 2.13. The van der Waals surface area contributed by atoms with Crippen LogP contribution in [0.25, 0.3) is 0 Å². The third-order valence-corrected chi connectivity index (χ3v) is 2.09. The molecule has 0 saturated carbocycles. The molecule has 70 valence electrons. The molecule has 1 saturated heterocycles. The van der Waals surface area contributed by atoms with Crippen molar-refractivity contribution in [3.8, 4) is 0 Å². The Balaban J connectivity index is 2.21. The zero-order chi connectivity index (χ0) is 8.97. The van der Waals surface area contributed by atoms with E-state index in [0.717, 1.165) is 32.3 Å². The summed E-state index contributed by atoms with van der Waals surface area (Å²) in [5.74, 6) is 0. The van der Waals surface area contributed by atoms with Crippen LogP contribution >= 0.6 is 0 Å². The minimum atomic E-state index is 0.304. The first kappa shape index (κ1) is 9.52. The van der Waals surface area contributed by atoms with Crippen molar-refractivity contribution in [2.45, 2.75) is 38.9 Å². The lowest BCUT2D eigenvalue weighted by Gasteiger charge is -2.30. The van der Waals surface area contributed by atoms with E-state index in [1.807, 2.05) is 13.8 Å². The third kappa shape index (κ3) is 2.81. The van der Waals surface area contributed by atoms with Crippen molar-refractivity contribution >= 4 is 6.41 Å². The maximum atomic E-state index is 10.4. The van der Waals surface area contributed by atoms with Gasteiger partial charge in [-0.1, -0.05) is 0 Å². The summed E-state index contributed by atoms with van der Waals surface area (Å²) in [7, 11) is 0. The van der Waals surface area contributed by atoms with Crippen LogP contribution in [0.15, 0.2) is 0 Å². The standard InChI is InChI=1S/C9H17NO2/c1-8(2)12-9-3-5-10(7-11)6-4-9/h7-9H,3-6H2,1-2H3. The van der Waals surface area contributed by atoms with E-state index in [2.05, 4.69) is 0 Å². The van der Waals surface area contributed by atoms with E-state index >= 15 is 0 Å². The van der Waals surface area contributed by atoms with E-state index < -0.39 is 0 Å². The molecule has 1 aliphatic heterocycles. The highest BCUT2D eigenvalue weighted by atomic mass is 16.5. The Kier molecular flexibility index (Phi) is 3.53. The number of carbonyl (C=O) groups is 1. The van der Waals surface area contributed by atoms with Crippen molar-refractivity contribution in [2.75, 3.05) is 13.1 Å². The van der Waals surface area contributed by atoms with Crippen LogP contribution in [0.3, 0.4) is 0 Å². The summed E-state index contributed by atoms with van der Waals surface area (Å²) < 4.78 is 5.64. The summed E-state index contributed by atoms with van der Waals surface area (Å²) in [6.45, 7) is 5.79. The minimum Gasteiger partial charge on any atom is -0.375 e. The van der Waals surface area contributed by atoms with Crippen molar-refractivity contribution in [3.05, 3.63) is 0 Å². The molecule has 3 heteroatoms. The topological polar surface area (TPSA) is 29.5 Å². The summed E-state index contributed by atoms with van der Waals surface area (Å²) in [4.78, 5) is 12.2. The molecule has 0 atom stereocenters. The van der Waals surface area contributed by atoms with Gasteiger partial charge in [-0.15, -0.1) is 0 Å². The van der Waals surface area contributed by atoms with Crippen molar-refractivity contribution < 1.29 is 9.53 Å². The molecular formula is C9H17NO2. The number of rotatable bonds is 3. The van der Waals surface area contributed by atoms with E-state index in [9.17, 15) is 4.79 Å². The first-order valence-corrected chi connectivity index (χ1v) is 4.57. The molecule has 1 rings (SSSR count). The number of carbonyl (C=O) groups excluding carboxylic acids is 1. The molecule has 0 bridgehead atoms. The quantitative estimate of drug-likeness (QED) is 0.594. The fourth-order valence-corrected chi connectivity index (χ4v) is 1.50. The van der Waals surface area contributed by atoms with E-state index in [1.54, 1.807) is 4.90 Å². The predicted molar refractivity (Wildman–Crippen MR) is 46.9 cm³/mol. The van der Waals surface area contributed by atoms with Crippen LogP contribution < -0.4 is 0 Å². The number of amides is 1. The third-order valence-electron chi connectivity index (χ3n) is 2.09. The van der Waals surface area contributed by atoms with Crippen molar-refractivity contribution in [2.24, 2.45) is 0 Å². The van der Waals surface area contributed by atoms with Gasteiger partial charge in [-0.2, -0.15) is 0 Å². The molecular weight excluding hydrogens is 154 g/mol. The smallest absolute Gasteiger partial charge is 0.209 e. The van der Waals surface area contributed by atoms with Gasteiger partial charge in [-0.25, -0.2) is 0 Å². The molecule has 0 aromatic heterocycles. The van der Waals surface area contributed by atoms with Crippen molar-refractivity contribution in [1.82, 2.24) is 4.90 Å². The normalized spacial score (nSPS) is 20.1. The Labute approximate surface area is 73.7 Å². The van der Waals surface area contributed by atoms with Crippen LogP contribution in [0.1, 0.15) is 26.7 Å². The zero-order valence-corrected chi connectivity index (χ0v) is 7.82. The maximum absolute atomic E-state index is 10.4. The lowest BCUT2D eigenvalue weighted by molar-refractivity contribution is -0.121. The summed E-state index contributed by atoms with van der Waals surface area (Å²) in [5.41, 5.74) is 0. The molecule has 3 nitrogen and oxygen atoms in total. The van der Waals surface area contributed by atoms with Crippen LogP contribution in [0.2, 0.25) is 0 Å². The lowest BCUT2D eigenvalue weighted by atomic mass is 10.1. The summed E-state index contributed by atoms with van der Waals surface area (Å²) >= 11 is 0. The predicted octanol–water partition coefficient (Wildman–Crippen LogP) is 1.03. The highest BCUT2D eigenvalue weighted by Gasteiger charge is 2.18. The summed E-state index contributed by atoms with van der Waals surface area (Å²) in [6.07, 6.45) is 3.55. The second-order valence-corrected chi connectivity index (χ2v) is 3.53. The molecule has 0 aromatic carbocycles. The summed E-state index contributed by atoms with van der Waals surface area (Å²) in [6, 6.07) is 0. The molecule has 1 heterocycles. The molecule has 0 aromatic rings. The van der Waals surface area contributed by atoms with Crippen molar-refractivity contribution in [3.63, 3.8) is 0 Å². The molecule has 0 unspecified atom stereocenters. The average molecular weight is 171 g/mol. The molecule has 0 aliphatic carbocycles. The van der Waals surface area contributed by atoms with Gasteiger partial charge >= 0.3 is 0 Å². The Hall–Kier alpha value is -0.570. The molecule has 0 spiro atoms. The monoisotopic (exact) mass is 171 g/mol. The van der Waals surface area contributed by atoms with Gasteiger partial charge in [-0.3, -0.25) is 4.79 Å². The zero-order valence-electron chi connectivity index (χ0n) is 7.82. The van der Waals surface area contributed by atoms with Crippen LogP contribution in [0.5, 0.6) is 0 Å². The van der Waals surface area contributed by atoms with Gasteiger partial charge in [0.15, 0.2) is 0 Å². The first-order valence-electron chi connectivity index (χ1n) is 4.57. The second kappa shape index (κ2) is 4.45. The molecule has 12 heavy (non-hydrogen) atoms. The second-order valence-electron chi connectivity index (χ2n) is 3.53. The van der Waals surface area contributed by atoms with Crippen molar-refractivity contribution in [1.29, 1.82) is 0 Å².